The van der Waals surface area contributed by atoms with Crippen LogP contribution in [-0.2, 0) is 13.1 Å². The Morgan fingerprint density at radius 3 is 2.78 bits per heavy atom. The van der Waals surface area contributed by atoms with Gasteiger partial charge in [0.1, 0.15) is 5.75 Å². The maximum atomic E-state index is 10.3. The first-order valence-electron chi connectivity index (χ1n) is 8.52. The van der Waals surface area contributed by atoms with Gasteiger partial charge in [-0.2, -0.15) is 0 Å². The van der Waals surface area contributed by atoms with E-state index in [4.69, 9.17) is 11.6 Å². The van der Waals surface area contributed by atoms with Crippen LogP contribution in [0.3, 0.4) is 0 Å². The SMILES string of the molecule is CN(Cc1cscn1)Cc1cc(-c2ccnc3cc(Cl)ccc23)ccc1O. The van der Waals surface area contributed by atoms with Gasteiger partial charge in [-0.25, -0.2) is 4.98 Å². The van der Waals surface area contributed by atoms with E-state index in [0.717, 1.165) is 39.8 Å². The molecule has 0 spiro atoms. The van der Waals surface area contributed by atoms with Crippen molar-refractivity contribution < 1.29 is 5.11 Å². The second-order valence-corrected chi connectivity index (χ2v) is 7.67. The molecular formula is C21H18ClN3OS. The number of phenolic OH excluding ortho intramolecular Hbond substituents is 1. The molecule has 4 nitrogen and oxygen atoms in total. The van der Waals surface area contributed by atoms with E-state index in [1.165, 1.54) is 0 Å². The number of aromatic nitrogens is 2. The largest absolute Gasteiger partial charge is 0.508 e. The van der Waals surface area contributed by atoms with Crippen molar-refractivity contribution >= 4 is 33.8 Å². The minimum Gasteiger partial charge on any atom is -0.508 e. The maximum absolute atomic E-state index is 10.3. The Hall–Kier alpha value is -2.47. The molecule has 2 aromatic heterocycles. The van der Waals surface area contributed by atoms with E-state index in [1.54, 1.807) is 23.6 Å². The highest BCUT2D eigenvalue weighted by molar-refractivity contribution is 7.07. The quantitative estimate of drug-likeness (QED) is 0.495. The molecule has 0 atom stereocenters. The lowest BCUT2D eigenvalue weighted by molar-refractivity contribution is 0.309. The second-order valence-electron chi connectivity index (χ2n) is 6.52. The lowest BCUT2D eigenvalue weighted by atomic mass is 9.99. The van der Waals surface area contributed by atoms with Crippen LogP contribution in [0.25, 0.3) is 22.0 Å². The average molecular weight is 396 g/mol. The number of halogens is 1. The molecule has 0 aliphatic rings. The average Bonchev–Trinajstić information content (AvgIpc) is 3.15. The molecule has 0 saturated carbocycles. The number of hydrogen-bond acceptors (Lipinski definition) is 5. The van der Waals surface area contributed by atoms with Crippen molar-refractivity contribution in [3.05, 3.63) is 75.8 Å². The van der Waals surface area contributed by atoms with Crippen LogP contribution in [-0.4, -0.2) is 27.0 Å². The Balaban J connectivity index is 1.66. The zero-order chi connectivity index (χ0) is 18.8. The van der Waals surface area contributed by atoms with Gasteiger partial charge < -0.3 is 5.11 Å². The number of nitrogens with zero attached hydrogens (tertiary/aromatic N) is 3. The van der Waals surface area contributed by atoms with E-state index in [9.17, 15) is 5.11 Å². The number of rotatable bonds is 5. The fraction of sp³-hybridized carbons (Fsp3) is 0.143. The number of thiazole rings is 1. The van der Waals surface area contributed by atoms with E-state index in [2.05, 4.69) is 14.9 Å². The first kappa shape index (κ1) is 17.9. The van der Waals surface area contributed by atoms with Crippen LogP contribution < -0.4 is 0 Å². The summed E-state index contributed by atoms with van der Waals surface area (Å²) in [5, 5.41) is 14.1. The van der Waals surface area contributed by atoms with Crippen LogP contribution in [0, 0.1) is 0 Å². The van der Waals surface area contributed by atoms with Gasteiger partial charge in [0.2, 0.25) is 0 Å². The van der Waals surface area contributed by atoms with Crippen molar-refractivity contribution in [2.24, 2.45) is 0 Å². The highest BCUT2D eigenvalue weighted by Crippen LogP contribution is 2.32. The van der Waals surface area contributed by atoms with Gasteiger partial charge in [0.05, 0.1) is 16.7 Å². The van der Waals surface area contributed by atoms with Crippen LogP contribution in [0.2, 0.25) is 5.02 Å². The molecule has 136 valence electrons. The molecule has 4 rings (SSSR count). The minimum absolute atomic E-state index is 0.297. The summed E-state index contributed by atoms with van der Waals surface area (Å²) in [6.45, 7) is 1.37. The van der Waals surface area contributed by atoms with Crippen LogP contribution in [0.15, 0.2) is 59.6 Å². The molecule has 0 fully saturated rings. The lowest BCUT2D eigenvalue weighted by Gasteiger charge is -2.17. The zero-order valence-electron chi connectivity index (χ0n) is 14.8. The Kier molecular flexibility index (Phi) is 5.07. The standard InChI is InChI=1S/C21H18ClN3OS/c1-25(11-17-12-27-13-24-17)10-15-8-14(2-5-21(15)26)18-6-7-23-20-9-16(22)3-4-19(18)20/h2-9,12-13,26H,10-11H2,1H3. The van der Waals surface area contributed by atoms with Crippen LogP contribution in [0.1, 0.15) is 11.3 Å². The van der Waals surface area contributed by atoms with E-state index >= 15 is 0 Å². The molecule has 0 unspecified atom stereocenters. The molecule has 27 heavy (non-hydrogen) atoms. The Bertz CT molecular complexity index is 1080. The van der Waals surface area contributed by atoms with Crippen molar-refractivity contribution in [1.82, 2.24) is 14.9 Å². The summed E-state index contributed by atoms with van der Waals surface area (Å²) in [7, 11) is 2.02. The van der Waals surface area contributed by atoms with Crippen molar-refractivity contribution in [3.8, 4) is 16.9 Å². The van der Waals surface area contributed by atoms with Crippen molar-refractivity contribution in [2.45, 2.75) is 13.1 Å². The highest BCUT2D eigenvalue weighted by Gasteiger charge is 2.11. The molecular weight excluding hydrogens is 378 g/mol. The third-order valence-electron chi connectivity index (χ3n) is 4.45. The molecule has 4 aromatic rings. The monoisotopic (exact) mass is 395 g/mol. The lowest BCUT2D eigenvalue weighted by Crippen LogP contribution is -2.17. The summed E-state index contributed by atoms with van der Waals surface area (Å²) in [5.41, 5.74) is 6.72. The topological polar surface area (TPSA) is 49.2 Å². The Morgan fingerprint density at radius 1 is 1.07 bits per heavy atom. The Morgan fingerprint density at radius 2 is 1.96 bits per heavy atom. The highest BCUT2D eigenvalue weighted by atomic mass is 35.5. The summed E-state index contributed by atoms with van der Waals surface area (Å²) in [6.07, 6.45) is 1.79. The number of hydrogen-bond donors (Lipinski definition) is 1. The van der Waals surface area contributed by atoms with Gasteiger partial charge in [-0.1, -0.05) is 23.7 Å². The third-order valence-corrected chi connectivity index (χ3v) is 5.32. The smallest absolute Gasteiger partial charge is 0.120 e. The molecule has 0 bridgehead atoms. The Labute approximate surface area is 166 Å². The summed E-state index contributed by atoms with van der Waals surface area (Å²) in [6, 6.07) is 13.4. The van der Waals surface area contributed by atoms with Crippen molar-refractivity contribution in [2.75, 3.05) is 7.05 Å². The van der Waals surface area contributed by atoms with Gasteiger partial charge >= 0.3 is 0 Å². The molecule has 2 aromatic carbocycles. The predicted molar refractivity (Wildman–Crippen MR) is 111 cm³/mol. The number of benzene rings is 2. The molecule has 0 amide bonds. The third kappa shape index (κ3) is 3.95. The van der Waals surface area contributed by atoms with Gasteiger partial charge in [0.25, 0.3) is 0 Å². The minimum atomic E-state index is 0.297. The summed E-state index contributed by atoms with van der Waals surface area (Å²) in [4.78, 5) is 10.9. The fourth-order valence-corrected chi connectivity index (χ4v) is 3.91. The van der Waals surface area contributed by atoms with Gasteiger partial charge in [-0.05, 0) is 48.5 Å². The van der Waals surface area contributed by atoms with Gasteiger partial charge in [0.15, 0.2) is 0 Å². The summed E-state index contributed by atoms with van der Waals surface area (Å²) >= 11 is 7.69. The molecule has 6 heteroatoms. The van der Waals surface area contributed by atoms with E-state index < -0.39 is 0 Å². The number of aromatic hydroxyl groups is 1. The number of fused-ring (bicyclic) bond motifs is 1. The number of phenols is 1. The summed E-state index contributed by atoms with van der Waals surface area (Å²) < 4.78 is 0. The molecule has 0 saturated heterocycles. The fourth-order valence-electron chi connectivity index (χ4n) is 3.19. The van der Waals surface area contributed by atoms with Gasteiger partial charge in [0, 0.05) is 40.6 Å². The summed E-state index contributed by atoms with van der Waals surface area (Å²) in [5.74, 6) is 0.297. The van der Waals surface area contributed by atoms with E-state index in [1.807, 2.05) is 54.3 Å². The molecule has 1 N–H and O–H groups in total. The van der Waals surface area contributed by atoms with Crippen molar-refractivity contribution in [1.29, 1.82) is 0 Å². The first-order valence-corrected chi connectivity index (χ1v) is 9.84. The van der Waals surface area contributed by atoms with Crippen LogP contribution in [0.5, 0.6) is 5.75 Å². The van der Waals surface area contributed by atoms with E-state index in [0.29, 0.717) is 17.3 Å². The second kappa shape index (κ2) is 7.64. The molecule has 2 heterocycles. The van der Waals surface area contributed by atoms with Crippen LogP contribution in [0.4, 0.5) is 0 Å². The van der Waals surface area contributed by atoms with E-state index in [-0.39, 0.29) is 0 Å². The van der Waals surface area contributed by atoms with Gasteiger partial charge in [-0.15, -0.1) is 11.3 Å². The molecule has 0 aliphatic carbocycles. The zero-order valence-corrected chi connectivity index (χ0v) is 16.3. The first-order chi connectivity index (χ1) is 13.1. The molecule has 0 aliphatic heterocycles. The predicted octanol–water partition coefficient (Wildman–Crippen LogP) is 5.35. The van der Waals surface area contributed by atoms with Gasteiger partial charge in [-0.3, -0.25) is 9.88 Å². The van der Waals surface area contributed by atoms with Crippen LogP contribution >= 0.6 is 22.9 Å². The number of pyridine rings is 1. The molecule has 0 radical (unpaired) electrons. The maximum Gasteiger partial charge on any atom is 0.120 e. The van der Waals surface area contributed by atoms with Crippen molar-refractivity contribution in [3.63, 3.8) is 0 Å². The normalized spacial score (nSPS) is 11.4.